The Bertz CT molecular complexity index is 686. The Kier molecular flexibility index (Phi) is 8.94. The predicted molar refractivity (Wildman–Crippen MR) is 122 cm³/mol. The van der Waals surface area contributed by atoms with Gasteiger partial charge < -0.3 is 15.1 Å². The third kappa shape index (κ3) is 5.99. The molecule has 0 bridgehead atoms. The second-order valence-electron chi connectivity index (χ2n) is 5.85. The Labute approximate surface area is 181 Å². The van der Waals surface area contributed by atoms with Crippen molar-refractivity contribution in [3.8, 4) is 0 Å². The van der Waals surface area contributed by atoms with Crippen LogP contribution >= 0.6 is 46.9 Å². The smallest absolute Gasteiger partial charge is 0.194 e. The highest BCUT2D eigenvalue weighted by atomic mass is 127. The van der Waals surface area contributed by atoms with Crippen LogP contribution in [0.4, 0.5) is 5.82 Å². The highest BCUT2D eigenvalue weighted by Crippen LogP contribution is 2.21. The molecule has 1 aliphatic heterocycles. The van der Waals surface area contributed by atoms with Crippen molar-refractivity contribution in [3.05, 3.63) is 45.7 Å². The lowest BCUT2D eigenvalue weighted by atomic mass is 10.3. The zero-order valence-corrected chi connectivity index (χ0v) is 18.8. The summed E-state index contributed by atoms with van der Waals surface area (Å²) in [5.74, 6) is 2.06. The SMILES string of the molecule is CCNC(=NCCc1ccc(Cl)s1)N1CCN(c2ccccn2)CC1.I. The summed E-state index contributed by atoms with van der Waals surface area (Å²) in [6.07, 6.45) is 2.78. The van der Waals surface area contributed by atoms with Crippen LogP contribution in [0.25, 0.3) is 0 Å². The van der Waals surface area contributed by atoms with Gasteiger partial charge in [0.05, 0.1) is 4.34 Å². The Balaban J connectivity index is 0.00000243. The summed E-state index contributed by atoms with van der Waals surface area (Å²) in [7, 11) is 0. The van der Waals surface area contributed by atoms with E-state index in [1.165, 1.54) is 4.88 Å². The fourth-order valence-electron chi connectivity index (χ4n) is 2.87. The van der Waals surface area contributed by atoms with Crippen LogP contribution in [0.5, 0.6) is 0 Å². The Hall–Kier alpha value is -1.06. The zero-order chi connectivity index (χ0) is 17.5. The lowest BCUT2D eigenvalue weighted by Gasteiger charge is -2.37. The van der Waals surface area contributed by atoms with Crippen molar-refractivity contribution in [1.29, 1.82) is 0 Å². The van der Waals surface area contributed by atoms with Crippen molar-refractivity contribution in [2.45, 2.75) is 13.3 Å². The number of hydrogen-bond donors (Lipinski definition) is 1. The van der Waals surface area contributed by atoms with E-state index < -0.39 is 0 Å². The molecule has 1 fully saturated rings. The van der Waals surface area contributed by atoms with Gasteiger partial charge in [-0.25, -0.2) is 4.98 Å². The van der Waals surface area contributed by atoms with Gasteiger partial charge in [-0.1, -0.05) is 17.7 Å². The second-order valence-corrected chi connectivity index (χ2v) is 7.65. The molecular formula is C18H25ClIN5S. The van der Waals surface area contributed by atoms with Crippen LogP contribution in [0.2, 0.25) is 4.34 Å². The largest absolute Gasteiger partial charge is 0.357 e. The van der Waals surface area contributed by atoms with Crippen LogP contribution in [0.15, 0.2) is 41.5 Å². The lowest BCUT2D eigenvalue weighted by Crippen LogP contribution is -2.52. The molecule has 3 heterocycles. The number of hydrogen-bond acceptors (Lipinski definition) is 4. The number of rotatable bonds is 5. The van der Waals surface area contributed by atoms with Crippen LogP contribution in [-0.2, 0) is 6.42 Å². The van der Waals surface area contributed by atoms with Gasteiger partial charge in [0.2, 0.25) is 0 Å². The van der Waals surface area contributed by atoms with Gasteiger partial charge in [-0.05, 0) is 31.2 Å². The first-order chi connectivity index (χ1) is 12.3. The van der Waals surface area contributed by atoms with Crippen molar-refractivity contribution in [3.63, 3.8) is 0 Å². The monoisotopic (exact) mass is 505 g/mol. The number of guanidine groups is 1. The molecule has 2 aromatic heterocycles. The van der Waals surface area contributed by atoms with E-state index in [0.717, 1.165) is 61.8 Å². The van der Waals surface area contributed by atoms with E-state index in [9.17, 15) is 0 Å². The Morgan fingerprint density at radius 3 is 2.65 bits per heavy atom. The molecule has 5 nitrogen and oxygen atoms in total. The number of halogens is 2. The number of nitrogens with zero attached hydrogens (tertiary/aromatic N) is 4. The second kappa shape index (κ2) is 10.9. The highest BCUT2D eigenvalue weighted by Gasteiger charge is 2.20. The molecule has 26 heavy (non-hydrogen) atoms. The van der Waals surface area contributed by atoms with Crippen LogP contribution in [-0.4, -0.2) is 55.1 Å². The van der Waals surface area contributed by atoms with E-state index in [4.69, 9.17) is 16.6 Å². The van der Waals surface area contributed by atoms with Crippen molar-refractivity contribution in [2.75, 3.05) is 44.2 Å². The van der Waals surface area contributed by atoms with Gasteiger partial charge in [-0.3, -0.25) is 4.99 Å². The molecule has 0 spiro atoms. The molecule has 1 aliphatic rings. The maximum absolute atomic E-state index is 5.99. The Morgan fingerprint density at radius 1 is 1.23 bits per heavy atom. The molecular weight excluding hydrogens is 481 g/mol. The van der Waals surface area contributed by atoms with Gasteiger partial charge in [0.1, 0.15) is 5.82 Å². The van der Waals surface area contributed by atoms with Crippen LogP contribution in [0.3, 0.4) is 0 Å². The van der Waals surface area contributed by atoms with Gasteiger partial charge in [0.15, 0.2) is 5.96 Å². The van der Waals surface area contributed by atoms with E-state index in [-0.39, 0.29) is 24.0 Å². The molecule has 0 radical (unpaired) electrons. The predicted octanol–water partition coefficient (Wildman–Crippen LogP) is 3.74. The molecule has 8 heteroatoms. The van der Waals surface area contributed by atoms with E-state index in [2.05, 4.69) is 39.2 Å². The topological polar surface area (TPSA) is 43.8 Å². The summed E-state index contributed by atoms with van der Waals surface area (Å²) in [6.45, 7) is 7.59. The first-order valence-corrected chi connectivity index (χ1v) is 9.89. The minimum atomic E-state index is 0. The fraction of sp³-hybridized carbons (Fsp3) is 0.444. The van der Waals surface area contributed by atoms with Gasteiger partial charge in [0, 0.05) is 56.8 Å². The van der Waals surface area contributed by atoms with Gasteiger partial charge >= 0.3 is 0 Å². The number of thiophene rings is 1. The first kappa shape index (κ1) is 21.2. The van der Waals surface area contributed by atoms with Crippen molar-refractivity contribution < 1.29 is 0 Å². The molecule has 1 N–H and O–H groups in total. The van der Waals surface area contributed by atoms with Crippen molar-refractivity contribution in [2.24, 2.45) is 4.99 Å². The summed E-state index contributed by atoms with van der Waals surface area (Å²) in [5.41, 5.74) is 0. The molecule has 0 saturated carbocycles. The van der Waals surface area contributed by atoms with E-state index >= 15 is 0 Å². The lowest BCUT2D eigenvalue weighted by molar-refractivity contribution is 0.371. The molecule has 1 saturated heterocycles. The normalized spacial score (nSPS) is 14.9. The van der Waals surface area contributed by atoms with Crippen molar-refractivity contribution in [1.82, 2.24) is 15.2 Å². The average Bonchev–Trinajstić information content (AvgIpc) is 3.07. The summed E-state index contributed by atoms with van der Waals surface area (Å²) in [6, 6.07) is 10.1. The standard InChI is InChI=1S/C18H24ClN5S.HI/c1-2-20-18(22-10-8-15-6-7-16(19)25-15)24-13-11-23(12-14-24)17-5-3-4-9-21-17;/h3-7,9H,2,8,10-14H2,1H3,(H,20,22);1H. The molecule has 142 valence electrons. The molecule has 3 rings (SSSR count). The summed E-state index contributed by atoms with van der Waals surface area (Å²) < 4.78 is 0.844. The molecule has 0 aliphatic carbocycles. The highest BCUT2D eigenvalue weighted by molar-refractivity contribution is 14.0. The number of nitrogens with one attached hydrogen (secondary N) is 1. The quantitative estimate of drug-likeness (QED) is 0.382. The average molecular weight is 506 g/mol. The minimum Gasteiger partial charge on any atom is -0.357 e. The minimum absolute atomic E-state index is 0. The van der Waals surface area contributed by atoms with E-state index in [1.54, 1.807) is 11.3 Å². The molecule has 2 aromatic rings. The summed E-state index contributed by atoms with van der Waals surface area (Å²) >= 11 is 7.62. The molecule has 0 amide bonds. The molecule has 0 atom stereocenters. The fourth-order valence-corrected chi connectivity index (χ4v) is 3.95. The number of piperazine rings is 1. The molecule has 0 unspecified atom stereocenters. The van der Waals surface area contributed by atoms with Gasteiger partial charge in [-0.2, -0.15) is 0 Å². The van der Waals surface area contributed by atoms with Gasteiger partial charge in [0.25, 0.3) is 0 Å². The first-order valence-electron chi connectivity index (χ1n) is 8.69. The van der Waals surface area contributed by atoms with Crippen LogP contribution in [0.1, 0.15) is 11.8 Å². The summed E-state index contributed by atoms with van der Waals surface area (Å²) in [5, 5.41) is 3.42. The third-order valence-electron chi connectivity index (χ3n) is 4.14. The number of aromatic nitrogens is 1. The number of anilines is 1. The Morgan fingerprint density at radius 2 is 2.04 bits per heavy atom. The maximum Gasteiger partial charge on any atom is 0.194 e. The summed E-state index contributed by atoms with van der Waals surface area (Å²) in [4.78, 5) is 15.2. The van der Waals surface area contributed by atoms with Gasteiger partial charge in [-0.15, -0.1) is 35.3 Å². The zero-order valence-electron chi connectivity index (χ0n) is 14.9. The van der Waals surface area contributed by atoms with Crippen molar-refractivity contribution >= 4 is 58.7 Å². The van der Waals surface area contributed by atoms with E-state index in [1.807, 2.05) is 24.4 Å². The van der Waals surface area contributed by atoms with Crippen LogP contribution < -0.4 is 10.2 Å². The van der Waals surface area contributed by atoms with E-state index in [0.29, 0.717) is 0 Å². The number of pyridine rings is 1. The molecule has 0 aromatic carbocycles. The maximum atomic E-state index is 5.99. The van der Waals surface area contributed by atoms with Crippen LogP contribution in [0, 0.1) is 0 Å². The number of aliphatic imine (C=N–C) groups is 1. The third-order valence-corrected chi connectivity index (χ3v) is 5.43.